The molecule has 5 nitrogen and oxygen atoms in total. The molecule has 0 saturated carbocycles. The number of benzene rings is 1. The van der Waals surface area contributed by atoms with E-state index >= 15 is 0 Å². The first-order valence-electron chi connectivity index (χ1n) is 7.36. The molecule has 0 bridgehead atoms. The first kappa shape index (κ1) is 17.2. The Balaban J connectivity index is 2.24. The summed E-state index contributed by atoms with van der Waals surface area (Å²) in [6.45, 7) is 2.67. The number of nitrogens with zero attached hydrogens (tertiary/aromatic N) is 3. The number of methoxy groups -OCH3 is 1. The first-order valence-corrected chi connectivity index (χ1v) is 7.74. The van der Waals surface area contributed by atoms with E-state index in [0.29, 0.717) is 23.6 Å². The van der Waals surface area contributed by atoms with Crippen LogP contribution in [0.25, 0.3) is 11.3 Å². The fourth-order valence-corrected chi connectivity index (χ4v) is 2.30. The van der Waals surface area contributed by atoms with Gasteiger partial charge in [-0.05, 0) is 42.3 Å². The minimum Gasteiger partial charge on any atom is -0.489 e. The van der Waals surface area contributed by atoms with Gasteiger partial charge in [0.2, 0.25) is 5.28 Å². The number of rotatable bonds is 7. The molecule has 1 heterocycles. The van der Waals surface area contributed by atoms with E-state index in [1.165, 1.54) is 0 Å². The van der Waals surface area contributed by atoms with Gasteiger partial charge in [-0.2, -0.15) is 5.26 Å². The van der Waals surface area contributed by atoms with Crippen molar-refractivity contribution in [1.82, 2.24) is 9.97 Å². The smallest absolute Gasteiger partial charge is 0.222 e. The van der Waals surface area contributed by atoms with E-state index < -0.39 is 0 Å². The van der Waals surface area contributed by atoms with Crippen molar-refractivity contribution in [2.45, 2.75) is 25.9 Å². The summed E-state index contributed by atoms with van der Waals surface area (Å²) in [5.41, 5.74) is 1.93. The Morgan fingerprint density at radius 1 is 1.35 bits per heavy atom. The van der Waals surface area contributed by atoms with Crippen molar-refractivity contribution in [3.63, 3.8) is 0 Å². The van der Waals surface area contributed by atoms with E-state index in [-0.39, 0.29) is 11.4 Å². The Morgan fingerprint density at radius 3 is 2.83 bits per heavy atom. The van der Waals surface area contributed by atoms with Gasteiger partial charge in [-0.15, -0.1) is 0 Å². The Hall–Kier alpha value is -2.16. The Bertz CT molecular complexity index is 700. The summed E-state index contributed by atoms with van der Waals surface area (Å²) in [4.78, 5) is 8.01. The standard InChI is InChI=1S/C17H18ClN3O2/c1-3-14(7-9-22-2)23-16-5-4-12(10-13(16)11-19)15-6-8-20-17(18)21-15/h4-6,8,10,14H,3,7,9H2,1-2H3. The maximum atomic E-state index is 9.39. The Morgan fingerprint density at radius 2 is 2.17 bits per heavy atom. The Labute approximate surface area is 140 Å². The van der Waals surface area contributed by atoms with Crippen LogP contribution in [0, 0.1) is 11.3 Å². The maximum absolute atomic E-state index is 9.39. The summed E-state index contributed by atoms with van der Waals surface area (Å²) in [6, 6.07) is 9.32. The lowest BCUT2D eigenvalue weighted by molar-refractivity contribution is 0.123. The average molecular weight is 332 g/mol. The number of aromatic nitrogens is 2. The topological polar surface area (TPSA) is 68.0 Å². The van der Waals surface area contributed by atoms with Crippen LogP contribution < -0.4 is 4.74 Å². The molecule has 6 heteroatoms. The van der Waals surface area contributed by atoms with Crippen molar-refractivity contribution in [3.8, 4) is 23.1 Å². The molecule has 0 fully saturated rings. The summed E-state index contributed by atoms with van der Waals surface area (Å²) in [5, 5.41) is 9.57. The quantitative estimate of drug-likeness (QED) is 0.720. The van der Waals surface area contributed by atoms with Gasteiger partial charge >= 0.3 is 0 Å². The van der Waals surface area contributed by atoms with E-state index in [1.807, 2.05) is 13.0 Å². The molecular weight excluding hydrogens is 314 g/mol. The van der Waals surface area contributed by atoms with Gasteiger partial charge in [0.15, 0.2) is 0 Å². The van der Waals surface area contributed by atoms with Crippen molar-refractivity contribution in [2.75, 3.05) is 13.7 Å². The second-order valence-electron chi connectivity index (χ2n) is 4.96. The molecule has 2 aromatic rings. The molecular formula is C17H18ClN3O2. The van der Waals surface area contributed by atoms with E-state index in [2.05, 4.69) is 16.0 Å². The average Bonchev–Trinajstić information content (AvgIpc) is 2.58. The Kier molecular flexibility index (Phi) is 6.33. The molecule has 1 atom stereocenters. The molecule has 1 aromatic heterocycles. The van der Waals surface area contributed by atoms with Crippen molar-refractivity contribution in [2.24, 2.45) is 0 Å². The van der Waals surface area contributed by atoms with Gasteiger partial charge in [0.05, 0.1) is 11.3 Å². The zero-order valence-electron chi connectivity index (χ0n) is 13.1. The third-order valence-corrected chi connectivity index (χ3v) is 3.60. The largest absolute Gasteiger partial charge is 0.489 e. The van der Waals surface area contributed by atoms with E-state index in [1.54, 1.807) is 31.5 Å². The van der Waals surface area contributed by atoms with Gasteiger partial charge in [-0.25, -0.2) is 9.97 Å². The van der Waals surface area contributed by atoms with Gasteiger partial charge in [0.25, 0.3) is 0 Å². The summed E-state index contributed by atoms with van der Waals surface area (Å²) >= 11 is 5.81. The van der Waals surface area contributed by atoms with Gasteiger partial charge in [-0.1, -0.05) is 6.92 Å². The summed E-state index contributed by atoms with van der Waals surface area (Å²) < 4.78 is 11.0. The molecule has 0 amide bonds. The van der Waals surface area contributed by atoms with E-state index in [4.69, 9.17) is 21.1 Å². The predicted octanol–water partition coefficient (Wildman–Crippen LogP) is 3.86. The zero-order chi connectivity index (χ0) is 16.7. The van der Waals surface area contributed by atoms with Crippen molar-refractivity contribution < 1.29 is 9.47 Å². The SMILES string of the molecule is CCC(CCOC)Oc1ccc(-c2ccnc(Cl)n2)cc1C#N. The van der Waals surface area contributed by atoms with Crippen LogP contribution in [0.1, 0.15) is 25.3 Å². The third kappa shape index (κ3) is 4.65. The number of ether oxygens (including phenoxy) is 2. The summed E-state index contributed by atoms with van der Waals surface area (Å²) in [5.74, 6) is 0.569. The van der Waals surface area contributed by atoms with Gasteiger partial charge in [0.1, 0.15) is 17.9 Å². The minimum atomic E-state index is 0.0152. The fraction of sp³-hybridized carbons (Fsp3) is 0.353. The van der Waals surface area contributed by atoms with Crippen LogP contribution in [0.2, 0.25) is 5.28 Å². The molecule has 1 unspecified atom stereocenters. The zero-order valence-corrected chi connectivity index (χ0v) is 13.9. The van der Waals surface area contributed by atoms with Crippen molar-refractivity contribution in [1.29, 1.82) is 5.26 Å². The van der Waals surface area contributed by atoms with Crippen molar-refractivity contribution in [3.05, 3.63) is 41.3 Å². The lowest BCUT2D eigenvalue weighted by Gasteiger charge is -2.18. The number of hydrogen-bond acceptors (Lipinski definition) is 5. The summed E-state index contributed by atoms with van der Waals surface area (Å²) in [6.07, 6.45) is 3.22. The summed E-state index contributed by atoms with van der Waals surface area (Å²) in [7, 11) is 1.66. The van der Waals surface area contributed by atoms with Crippen molar-refractivity contribution >= 4 is 11.6 Å². The molecule has 0 aliphatic heterocycles. The first-order chi connectivity index (χ1) is 11.2. The van der Waals surface area contributed by atoms with Crippen LogP contribution >= 0.6 is 11.6 Å². The van der Waals surface area contributed by atoms with Crippen LogP contribution in [0.5, 0.6) is 5.75 Å². The maximum Gasteiger partial charge on any atom is 0.222 e. The molecule has 0 aliphatic rings. The highest BCUT2D eigenvalue weighted by Gasteiger charge is 2.13. The molecule has 1 aromatic carbocycles. The third-order valence-electron chi connectivity index (χ3n) is 3.41. The molecule has 23 heavy (non-hydrogen) atoms. The van der Waals surface area contributed by atoms with Crippen LogP contribution in [-0.4, -0.2) is 29.8 Å². The van der Waals surface area contributed by atoms with Gasteiger partial charge in [-0.3, -0.25) is 0 Å². The van der Waals surface area contributed by atoms with Crippen LogP contribution in [0.4, 0.5) is 0 Å². The normalized spacial score (nSPS) is 11.7. The molecule has 2 rings (SSSR count). The number of halogens is 1. The fourth-order valence-electron chi connectivity index (χ4n) is 2.15. The molecule has 0 spiro atoms. The highest BCUT2D eigenvalue weighted by atomic mass is 35.5. The van der Waals surface area contributed by atoms with Gasteiger partial charge in [0, 0.05) is 31.9 Å². The van der Waals surface area contributed by atoms with Gasteiger partial charge < -0.3 is 9.47 Å². The monoisotopic (exact) mass is 331 g/mol. The van der Waals surface area contributed by atoms with Crippen LogP contribution in [0.3, 0.4) is 0 Å². The lowest BCUT2D eigenvalue weighted by Crippen LogP contribution is -2.18. The second kappa shape index (κ2) is 8.47. The molecule has 0 radical (unpaired) electrons. The van der Waals surface area contributed by atoms with E-state index in [0.717, 1.165) is 18.4 Å². The molecule has 0 aliphatic carbocycles. The minimum absolute atomic E-state index is 0.0152. The highest BCUT2D eigenvalue weighted by Crippen LogP contribution is 2.27. The molecule has 0 saturated heterocycles. The lowest BCUT2D eigenvalue weighted by atomic mass is 10.1. The predicted molar refractivity (Wildman–Crippen MR) is 88.4 cm³/mol. The number of nitriles is 1. The molecule has 0 N–H and O–H groups in total. The van der Waals surface area contributed by atoms with Crippen LogP contribution in [0.15, 0.2) is 30.5 Å². The second-order valence-corrected chi connectivity index (χ2v) is 5.30. The molecule has 120 valence electrons. The highest BCUT2D eigenvalue weighted by molar-refractivity contribution is 6.28. The van der Waals surface area contributed by atoms with Crippen LogP contribution in [-0.2, 0) is 4.74 Å². The number of hydrogen-bond donors (Lipinski definition) is 0. The van der Waals surface area contributed by atoms with E-state index in [9.17, 15) is 5.26 Å².